The second-order valence-corrected chi connectivity index (χ2v) is 8.30. The molecule has 0 spiro atoms. The third kappa shape index (κ3) is 4.03. The standard InChI is InChI=1S/C28H22B2O4/c1-3-11-21(12-4-1)27(29-31-19-23-15-7-9-17-25(23)33-29)28(22-13-5-2-6-14-22)30-32-20-24-16-8-10-18-26(24)34-30/h1-18H,19-20H2. The Morgan fingerprint density at radius 3 is 1.29 bits per heavy atom. The van der Waals surface area contributed by atoms with Gasteiger partial charge in [0, 0.05) is 22.1 Å². The van der Waals surface area contributed by atoms with Crippen molar-refractivity contribution in [2.24, 2.45) is 0 Å². The Morgan fingerprint density at radius 2 is 0.853 bits per heavy atom. The van der Waals surface area contributed by atoms with E-state index in [1.165, 1.54) is 0 Å². The average molecular weight is 444 g/mol. The molecular weight excluding hydrogens is 422 g/mol. The smallest absolute Gasteiger partial charge is 0.532 e. The molecule has 0 saturated carbocycles. The number of benzene rings is 4. The molecule has 0 fully saturated rings. The molecule has 2 aliphatic rings. The van der Waals surface area contributed by atoms with Crippen molar-refractivity contribution in [3.8, 4) is 11.5 Å². The van der Waals surface area contributed by atoms with Gasteiger partial charge >= 0.3 is 14.2 Å². The maximum atomic E-state index is 6.42. The summed E-state index contributed by atoms with van der Waals surface area (Å²) in [6.45, 7) is 0.933. The van der Waals surface area contributed by atoms with Crippen LogP contribution in [0.3, 0.4) is 0 Å². The first-order chi connectivity index (χ1) is 16.9. The highest BCUT2D eigenvalue weighted by molar-refractivity contribution is 6.82. The van der Waals surface area contributed by atoms with Gasteiger partial charge < -0.3 is 18.6 Å². The fourth-order valence-corrected chi connectivity index (χ4v) is 4.46. The summed E-state index contributed by atoms with van der Waals surface area (Å²) < 4.78 is 25.4. The maximum absolute atomic E-state index is 6.42. The van der Waals surface area contributed by atoms with Gasteiger partial charge in [0.2, 0.25) is 0 Å². The lowest BCUT2D eigenvalue weighted by atomic mass is 9.59. The largest absolute Gasteiger partial charge is 0.563 e. The number of para-hydroxylation sites is 2. The Bertz CT molecular complexity index is 1220. The van der Waals surface area contributed by atoms with Crippen molar-refractivity contribution in [3.05, 3.63) is 131 Å². The topological polar surface area (TPSA) is 36.9 Å². The van der Waals surface area contributed by atoms with E-state index >= 15 is 0 Å². The molecule has 6 rings (SSSR count). The number of fused-ring (bicyclic) bond motifs is 2. The first-order valence-corrected chi connectivity index (χ1v) is 11.4. The van der Waals surface area contributed by atoms with E-state index in [1.807, 2.05) is 84.9 Å². The minimum absolute atomic E-state index is 0.467. The quantitative estimate of drug-likeness (QED) is 0.292. The van der Waals surface area contributed by atoms with Crippen molar-refractivity contribution in [1.29, 1.82) is 0 Å². The van der Waals surface area contributed by atoms with E-state index in [9.17, 15) is 0 Å². The van der Waals surface area contributed by atoms with Crippen LogP contribution in [0.4, 0.5) is 0 Å². The van der Waals surface area contributed by atoms with Crippen molar-refractivity contribution in [2.45, 2.75) is 13.2 Å². The Morgan fingerprint density at radius 1 is 0.471 bits per heavy atom. The Hall–Kier alpha value is -3.73. The van der Waals surface area contributed by atoms with Gasteiger partial charge in [0.15, 0.2) is 0 Å². The highest BCUT2D eigenvalue weighted by Crippen LogP contribution is 2.38. The second kappa shape index (κ2) is 9.26. The molecule has 34 heavy (non-hydrogen) atoms. The summed E-state index contributed by atoms with van der Waals surface area (Å²) in [5, 5.41) is 0. The van der Waals surface area contributed by atoms with E-state index in [0.717, 1.165) is 44.7 Å². The van der Waals surface area contributed by atoms with Crippen molar-refractivity contribution < 1.29 is 18.6 Å². The molecule has 6 heteroatoms. The zero-order valence-corrected chi connectivity index (χ0v) is 18.6. The molecule has 0 N–H and O–H groups in total. The van der Waals surface area contributed by atoms with Crippen LogP contribution in [-0.2, 0) is 22.5 Å². The van der Waals surface area contributed by atoms with Crippen LogP contribution in [0.25, 0.3) is 10.9 Å². The number of hydrogen-bond acceptors (Lipinski definition) is 4. The monoisotopic (exact) mass is 444 g/mol. The van der Waals surface area contributed by atoms with E-state index in [2.05, 4.69) is 24.3 Å². The van der Waals surface area contributed by atoms with Crippen molar-refractivity contribution >= 4 is 25.2 Å². The lowest BCUT2D eigenvalue weighted by Gasteiger charge is -2.30. The minimum Gasteiger partial charge on any atom is -0.532 e. The van der Waals surface area contributed by atoms with Gasteiger partial charge in [0.25, 0.3) is 0 Å². The SMILES string of the molecule is c1ccc(C(B2OCc3ccccc3O2)=C(B2OCc3ccccc3O2)c2ccccc2)cc1. The van der Waals surface area contributed by atoms with Gasteiger partial charge in [-0.2, -0.15) is 0 Å². The van der Waals surface area contributed by atoms with Gasteiger partial charge in [-0.3, -0.25) is 0 Å². The van der Waals surface area contributed by atoms with Crippen molar-refractivity contribution in [3.63, 3.8) is 0 Å². The van der Waals surface area contributed by atoms with Crippen LogP contribution in [0.5, 0.6) is 11.5 Å². The third-order valence-corrected chi connectivity index (χ3v) is 6.12. The molecule has 4 aromatic rings. The Kier molecular flexibility index (Phi) is 5.68. The van der Waals surface area contributed by atoms with E-state index in [1.54, 1.807) is 0 Å². The van der Waals surface area contributed by atoms with Crippen LogP contribution in [0.1, 0.15) is 22.3 Å². The predicted octanol–water partition coefficient (Wildman–Crippen LogP) is 5.87. The van der Waals surface area contributed by atoms with E-state index in [4.69, 9.17) is 18.6 Å². The van der Waals surface area contributed by atoms with Gasteiger partial charge in [-0.15, -0.1) is 0 Å². The Labute approximate surface area is 200 Å². The molecule has 4 aromatic carbocycles. The fraction of sp³-hybridized carbons (Fsp3) is 0.0714. The summed E-state index contributed by atoms with van der Waals surface area (Å²) in [6.07, 6.45) is 0. The summed E-state index contributed by atoms with van der Waals surface area (Å²) in [6, 6.07) is 36.4. The lowest BCUT2D eigenvalue weighted by molar-refractivity contribution is 0.236. The first kappa shape index (κ1) is 20.8. The Balaban J connectivity index is 1.53. The molecule has 0 saturated heterocycles. The van der Waals surface area contributed by atoms with Crippen LogP contribution in [0, 0.1) is 0 Å². The maximum Gasteiger partial charge on any atom is 0.563 e. The van der Waals surface area contributed by atoms with Crippen molar-refractivity contribution in [1.82, 2.24) is 0 Å². The zero-order valence-electron chi connectivity index (χ0n) is 18.6. The van der Waals surface area contributed by atoms with Gasteiger partial charge in [0.05, 0.1) is 13.2 Å². The first-order valence-electron chi connectivity index (χ1n) is 11.4. The van der Waals surface area contributed by atoms with Crippen molar-refractivity contribution in [2.75, 3.05) is 0 Å². The minimum atomic E-state index is -0.614. The van der Waals surface area contributed by atoms with Gasteiger partial charge in [-0.1, -0.05) is 97.1 Å². The van der Waals surface area contributed by atoms with Gasteiger partial charge in [0.1, 0.15) is 11.5 Å². The molecule has 164 valence electrons. The molecule has 0 radical (unpaired) electrons. The summed E-state index contributed by atoms with van der Waals surface area (Å²) >= 11 is 0. The van der Waals surface area contributed by atoms with Crippen LogP contribution in [0.15, 0.2) is 109 Å². The molecule has 0 aromatic heterocycles. The zero-order chi connectivity index (χ0) is 22.7. The summed E-state index contributed by atoms with van der Waals surface area (Å²) in [7, 11) is -1.23. The molecule has 4 nitrogen and oxygen atoms in total. The van der Waals surface area contributed by atoms with E-state index in [0.29, 0.717) is 13.2 Å². The second-order valence-electron chi connectivity index (χ2n) is 8.30. The predicted molar refractivity (Wildman–Crippen MR) is 135 cm³/mol. The molecule has 0 bridgehead atoms. The molecule has 2 heterocycles. The average Bonchev–Trinajstić information content (AvgIpc) is 2.92. The van der Waals surface area contributed by atoms with Gasteiger partial charge in [-0.05, 0) is 23.3 Å². The third-order valence-electron chi connectivity index (χ3n) is 6.12. The van der Waals surface area contributed by atoms with E-state index < -0.39 is 14.2 Å². The van der Waals surface area contributed by atoms with Crippen LogP contribution in [-0.4, -0.2) is 14.2 Å². The number of rotatable bonds is 4. The number of hydrogen-bond donors (Lipinski definition) is 0. The van der Waals surface area contributed by atoms with Crippen LogP contribution >= 0.6 is 0 Å². The molecular formula is C28H22B2O4. The molecule has 0 atom stereocenters. The summed E-state index contributed by atoms with van der Waals surface area (Å²) in [5.41, 5.74) is 5.85. The molecule has 0 aliphatic carbocycles. The van der Waals surface area contributed by atoms with E-state index in [-0.39, 0.29) is 0 Å². The fourth-order valence-electron chi connectivity index (χ4n) is 4.46. The van der Waals surface area contributed by atoms with Gasteiger partial charge in [-0.25, -0.2) is 0 Å². The molecule has 2 aliphatic heterocycles. The molecule has 0 amide bonds. The summed E-state index contributed by atoms with van der Waals surface area (Å²) in [5.74, 6) is 1.66. The van der Waals surface area contributed by atoms with Crippen LogP contribution in [0.2, 0.25) is 0 Å². The normalized spacial score (nSPS) is 15.4. The highest BCUT2D eigenvalue weighted by Gasteiger charge is 2.41. The lowest BCUT2D eigenvalue weighted by Crippen LogP contribution is -2.38. The summed E-state index contributed by atoms with van der Waals surface area (Å²) in [4.78, 5) is 0. The molecule has 0 unspecified atom stereocenters. The highest BCUT2D eigenvalue weighted by atomic mass is 16.6. The van der Waals surface area contributed by atoms with Crippen LogP contribution < -0.4 is 9.31 Å².